The maximum atomic E-state index is 4.41. The quantitative estimate of drug-likeness (QED) is 0.789. The van der Waals surface area contributed by atoms with Crippen molar-refractivity contribution in [2.75, 3.05) is 5.32 Å². The zero-order valence-electron chi connectivity index (χ0n) is 12.0. The molecule has 20 heavy (non-hydrogen) atoms. The average Bonchev–Trinajstić information content (AvgIpc) is 2.86. The number of aryl methyl sites for hydroxylation is 2. The first-order chi connectivity index (χ1) is 9.63. The number of anilines is 1. The monoisotopic (exact) mass is 266 g/mol. The number of fused-ring (bicyclic) bond motifs is 1. The van der Waals surface area contributed by atoms with Crippen molar-refractivity contribution < 1.29 is 0 Å². The van der Waals surface area contributed by atoms with Gasteiger partial charge in [0.05, 0.1) is 17.8 Å². The second-order valence-corrected chi connectivity index (χ2v) is 5.19. The molecule has 1 unspecified atom stereocenters. The highest BCUT2D eigenvalue weighted by Crippen LogP contribution is 2.26. The number of aromatic nitrogens is 3. The highest BCUT2D eigenvalue weighted by Gasteiger charge is 2.09. The summed E-state index contributed by atoms with van der Waals surface area (Å²) in [6, 6.07) is 8.54. The van der Waals surface area contributed by atoms with Crippen molar-refractivity contribution in [3.63, 3.8) is 0 Å². The summed E-state index contributed by atoms with van der Waals surface area (Å²) in [4.78, 5) is 4.41. The molecule has 0 aliphatic heterocycles. The van der Waals surface area contributed by atoms with Crippen LogP contribution in [0.1, 0.15) is 24.1 Å². The maximum Gasteiger partial charge on any atom is 0.0722 e. The Hall–Kier alpha value is -2.36. The lowest BCUT2D eigenvalue weighted by molar-refractivity contribution is 0.765. The summed E-state index contributed by atoms with van der Waals surface area (Å²) in [6.07, 6.45) is 5.77. The molecule has 1 aromatic carbocycles. The summed E-state index contributed by atoms with van der Waals surface area (Å²) in [5.41, 5.74) is 4.53. The van der Waals surface area contributed by atoms with Gasteiger partial charge < -0.3 is 5.32 Å². The van der Waals surface area contributed by atoms with Crippen LogP contribution in [0.3, 0.4) is 0 Å². The van der Waals surface area contributed by atoms with Crippen LogP contribution in [0, 0.1) is 6.92 Å². The molecule has 0 radical (unpaired) electrons. The number of nitrogens with one attached hydrogen (secondary N) is 1. The molecular formula is C16H18N4. The third kappa shape index (κ3) is 2.37. The van der Waals surface area contributed by atoms with Crippen LogP contribution in [0.15, 0.2) is 42.9 Å². The maximum absolute atomic E-state index is 4.41. The Bertz CT molecular complexity index is 745. The second kappa shape index (κ2) is 4.96. The number of pyridine rings is 1. The van der Waals surface area contributed by atoms with Gasteiger partial charge in [0.1, 0.15) is 0 Å². The van der Waals surface area contributed by atoms with Gasteiger partial charge in [0.25, 0.3) is 0 Å². The Labute approximate surface area is 118 Å². The number of hydrogen-bond donors (Lipinski definition) is 1. The fourth-order valence-electron chi connectivity index (χ4n) is 2.37. The lowest BCUT2D eigenvalue weighted by atomic mass is 10.1. The van der Waals surface area contributed by atoms with E-state index in [1.165, 1.54) is 11.1 Å². The van der Waals surface area contributed by atoms with E-state index in [1.807, 2.05) is 36.4 Å². The molecule has 0 spiro atoms. The highest BCUT2D eigenvalue weighted by atomic mass is 15.2. The van der Waals surface area contributed by atoms with E-state index in [1.54, 1.807) is 0 Å². The Balaban J connectivity index is 1.96. The van der Waals surface area contributed by atoms with Crippen molar-refractivity contribution >= 4 is 16.6 Å². The molecule has 102 valence electrons. The van der Waals surface area contributed by atoms with Crippen molar-refractivity contribution in [3.05, 3.63) is 54.0 Å². The van der Waals surface area contributed by atoms with Gasteiger partial charge >= 0.3 is 0 Å². The minimum absolute atomic E-state index is 0.204. The first-order valence-electron chi connectivity index (χ1n) is 6.74. The van der Waals surface area contributed by atoms with Crippen LogP contribution in [-0.4, -0.2) is 14.8 Å². The third-order valence-electron chi connectivity index (χ3n) is 3.49. The predicted octanol–water partition coefficient (Wildman–Crippen LogP) is 3.45. The van der Waals surface area contributed by atoms with Crippen molar-refractivity contribution in [3.8, 4) is 0 Å². The smallest absolute Gasteiger partial charge is 0.0722 e. The topological polar surface area (TPSA) is 42.7 Å². The molecule has 0 saturated heterocycles. The van der Waals surface area contributed by atoms with Crippen LogP contribution in [0.2, 0.25) is 0 Å². The Morgan fingerprint density at radius 2 is 2.10 bits per heavy atom. The lowest BCUT2D eigenvalue weighted by Gasteiger charge is -2.15. The van der Waals surface area contributed by atoms with Gasteiger partial charge in [-0.25, -0.2) is 0 Å². The van der Waals surface area contributed by atoms with Crippen LogP contribution in [0.4, 0.5) is 5.69 Å². The summed E-state index contributed by atoms with van der Waals surface area (Å²) < 4.78 is 1.82. The van der Waals surface area contributed by atoms with Gasteiger partial charge in [-0.15, -0.1) is 0 Å². The average molecular weight is 266 g/mol. The molecule has 0 saturated carbocycles. The number of rotatable bonds is 3. The minimum atomic E-state index is 0.204. The van der Waals surface area contributed by atoms with Crippen LogP contribution in [0.5, 0.6) is 0 Å². The van der Waals surface area contributed by atoms with E-state index in [0.717, 1.165) is 16.6 Å². The SMILES string of the molecule is Cc1ccc2nccc(NC(C)c3cnn(C)c3)c2c1. The van der Waals surface area contributed by atoms with E-state index in [0.29, 0.717) is 0 Å². The number of nitrogens with zero attached hydrogens (tertiary/aromatic N) is 3. The normalized spacial score (nSPS) is 12.6. The van der Waals surface area contributed by atoms with Gasteiger partial charge in [-0.3, -0.25) is 9.67 Å². The van der Waals surface area contributed by atoms with Gasteiger partial charge in [-0.05, 0) is 32.0 Å². The van der Waals surface area contributed by atoms with E-state index in [4.69, 9.17) is 0 Å². The van der Waals surface area contributed by atoms with E-state index < -0.39 is 0 Å². The first kappa shape index (κ1) is 12.7. The molecule has 2 heterocycles. The summed E-state index contributed by atoms with van der Waals surface area (Å²) in [5.74, 6) is 0. The first-order valence-corrected chi connectivity index (χ1v) is 6.74. The number of hydrogen-bond acceptors (Lipinski definition) is 3. The van der Waals surface area contributed by atoms with E-state index in [2.05, 4.69) is 47.4 Å². The van der Waals surface area contributed by atoms with Crippen LogP contribution in [-0.2, 0) is 7.05 Å². The zero-order valence-corrected chi connectivity index (χ0v) is 12.0. The summed E-state index contributed by atoms with van der Waals surface area (Å²) >= 11 is 0. The largest absolute Gasteiger partial charge is 0.378 e. The molecule has 0 aliphatic carbocycles. The molecule has 3 rings (SSSR count). The van der Waals surface area contributed by atoms with Crippen molar-refractivity contribution in [1.82, 2.24) is 14.8 Å². The van der Waals surface area contributed by atoms with E-state index in [9.17, 15) is 0 Å². The molecule has 0 fully saturated rings. The molecule has 1 atom stereocenters. The molecule has 4 heteroatoms. The van der Waals surface area contributed by atoms with Crippen LogP contribution >= 0.6 is 0 Å². The Morgan fingerprint density at radius 3 is 2.85 bits per heavy atom. The second-order valence-electron chi connectivity index (χ2n) is 5.19. The fourth-order valence-corrected chi connectivity index (χ4v) is 2.37. The van der Waals surface area contributed by atoms with Crippen molar-refractivity contribution in [1.29, 1.82) is 0 Å². The molecule has 0 amide bonds. The van der Waals surface area contributed by atoms with E-state index >= 15 is 0 Å². The van der Waals surface area contributed by atoms with Gasteiger partial charge in [0, 0.05) is 36.1 Å². The van der Waals surface area contributed by atoms with Crippen molar-refractivity contribution in [2.24, 2.45) is 7.05 Å². The summed E-state index contributed by atoms with van der Waals surface area (Å²) in [7, 11) is 1.93. The van der Waals surface area contributed by atoms with Gasteiger partial charge in [-0.1, -0.05) is 11.6 Å². The Morgan fingerprint density at radius 1 is 1.25 bits per heavy atom. The summed E-state index contributed by atoms with van der Waals surface area (Å²) in [6.45, 7) is 4.24. The highest BCUT2D eigenvalue weighted by molar-refractivity contribution is 5.91. The van der Waals surface area contributed by atoms with Crippen molar-refractivity contribution in [2.45, 2.75) is 19.9 Å². The molecule has 0 aliphatic rings. The molecule has 4 nitrogen and oxygen atoms in total. The van der Waals surface area contributed by atoms with Gasteiger partial charge in [-0.2, -0.15) is 5.10 Å². The molecule has 1 N–H and O–H groups in total. The molecular weight excluding hydrogens is 248 g/mol. The molecule has 2 aromatic heterocycles. The van der Waals surface area contributed by atoms with Gasteiger partial charge in [0.15, 0.2) is 0 Å². The molecule has 3 aromatic rings. The zero-order chi connectivity index (χ0) is 14.1. The number of benzene rings is 1. The lowest BCUT2D eigenvalue weighted by Crippen LogP contribution is -2.06. The van der Waals surface area contributed by atoms with E-state index in [-0.39, 0.29) is 6.04 Å². The standard InChI is InChI=1S/C16H18N4/c1-11-4-5-15-14(8-11)16(6-7-17-15)19-12(2)13-9-18-20(3)10-13/h4-10,12H,1-3H3,(H,17,19). The molecule has 0 bridgehead atoms. The Kier molecular flexibility index (Phi) is 3.14. The van der Waals surface area contributed by atoms with Crippen LogP contribution in [0.25, 0.3) is 10.9 Å². The fraction of sp³-hybridized carbons (Fsp3) is 0.250. The van der Waals surface area contributed by atoms with Gasteiger partial charge in [0.2, 0.25) is 0 Å². The summed E-state index contributed by atoms with van der Waals surface area (Å²) in [5, 5.41) is 8.92. The van der Waals surface area contributed by atoms with Crippen LogP contribution < -0.4 is 5.32 Å². The minimum Gasteiger partial charge on any atom is -0.378 e. The predicted molar refractivity (Wildman–Crippen MR) is 81.7 cm³/mol. The third-order valence-corrected chi connectivity index (χ3v) is 3.49.